The van der Waals surface area contributed by atoms with E-state index >= 15 is 0 Å². The molecule has 5 nitrogen and oxygen atoms in total. The molecule has 0 fully saturated rings. The molecule has 0 heterocycles. The summed E-state index contributed by atoms with van der Waals surface area (Å²) in [5.74, 6) is -0.851. The molecule has 0 saturated heterocycles. The van der Waals surface area contributed by atoms with Crippen molar-refractivity contribution in [2.45, 2.75) is 13.0 Å². The number of nitro benzene ring substituents is 1. The third kappa shape index (κ3) is 3.04. The van der Waals surface area contributed by atoms with Crippen LogP contribution < -0.4 is 5.32 Å². The number of nitrogens with one attached hydrogen (secondary N) is 1. The lowest BCUT2D eigenvalue weighted by Gasteiger charge is -2.09. The van der Waals surface area contributed by atoms with Crippen molar-refractivity contribution in [2.24, 2.45) is 0 Å². The van der Waals surface area contributed by atoms with Crippen LogP contribution in [0.15, 0.2) is 12.1 Å². The quantitative estimate of drug-likeness (QED) is 0.633. The van der Waals surface area contributed by atoms with Gasteiger partial charge in [-0.05, 0) is 13.0 Å². The van der Waals surface area contributed by atoms with Crippen molar-refractivity contribution < 1.29 is 14.4 Å². The molecule has 0 saturated carbocycles. The molecule has 0 bridgehead atoms. The van der Waals surface area contributed by atoms with Gasteiger partial charge in [0.2, 0.25) is 0 Å². The molecule has 0 aliphatic heterocycles. The van der Waals surface area contributed by atoms with Crippen LogP contribution in [0.4, 0.5) is 15.8 Å². The van der Waals surface area contributed by atoms with Gasteiger partial charge in [0.15, 0.2) is 0 Å². The highest BCUT2D eigenvalue weighted by Crippen LogP contribution is 2.30. The standard InChI is InChI=1S/C9H10ClFN2O3/c1-5(14)4-12-8-2-6(10)7(11)3-9(8)13(15)16/h2-3,5,12,14H,4H2,1H3. The van der Waals surface area contributed by atoms with Crippen LogP contribution >= 0.6 is 11.6 Å². The number of aliphatic hydroxyl groups excluding tert-OH is 1. The van der Waals surface area contributed by atoms with Crippen molar-refractivity contribution in [1.29, 1.82) is 0 Å². The minimum atomic E-state index is -0.851. The molecule has 0 amide bonds. The van der Waals surface area contributed by atoms with E-state index in [1.54, 1.807) is 0 Å². The van der Waals surface area contributed by atoms with Crippen molar-refractivity contribution >= 4 is 23.0 Å². The second-order valence-electron chi connectivity index (χ2n) is 3.27. The molecule has 0 radical (unpaired) electrons. The molecule has 1 aromatic carbocycles. The van der Waals surface area contributed by atoms with Crippen molar-refractivity contribution in [3.63, 3.8) is 0 Å². The van der Waals surface area contributed by atoms with Crippen LogP contribution in [-0.4, -0.2) is 22.7 Å². The Morgan fingerprint density at radius 3 is 2.81 bits per heavy atom. The maximum atomic E-state index is 13.0. The van der Waals surface area contributed by atoms with Gasteiger partial charge in [-0.1, -0.05) is 11.6 Å². The van der Waals surface area contributed by atoms with Gasteiger partial charge in [-0.3, -0.25) is 10.1 Å². The fourth-order valence-corrected chi connectivity index (χ4v) is 1.25. The predicted molar refractivity (Wildman–Crippen MR) is 58.2 cm³/mol. The number of aliphatic hydroxyl groups is 1. The highest BCUT2D eigenvalue weighted by Gasteiger charge is 2.17. The Bertz CT molecular complexity index is 412. The average molecular weight is 249 g/mol. The molecule has 88 valence electrons. The molecule has 0 aromatic heterocycles. The first-order valence-electron chi connectivity index (χ1n) is 4.47. The van der Waals surface area contributed by atoms with E-state index < -0.39 is 22.5 Å². The Morgan fingerprint density at radius 1 is 1.69 bits per heavy atom. The number of nitro groups is 1. The van der Waals surface area contributed by atoms with Gasteiger partial charge in [-0.25, -0.2) is 4.39 Å². The Morgan fingerprint density at radius 2 is 2.31 bits per heavy atom. The smallest absolute Gasteiger partial charge is 0.295 e. The van der Waals surface area contributed by atoms with Gasteiger partial charge in [0.1, 0.15) is 11.5 Å². The molecule has 16 heavy (non-hydrogen) atoms. The van der Waals surface area contributed by atoms with Crippen LogP contribution in [0.1, 0.15) is 6.92 Å². The summed E-state index contributed by atoms with van der Waals surface area (Å²) in [6.45, 7) is 1.63. The monoisotopic (exact) mass is 248 g/mol. The van der Waals surface area contributed by atoms with Gasteiger partial charge in [-0.15, -0.1) is 0 Å². The van der Waals surface area contributed by atoms with Gasteiger partial charge in [0.05, 0.1) is 22.1 Å². The van der Waals surface area contributed by atoms with E-state index in [9.17, 15) is 14.5 Å². The third-order valence-electron chi connectivity index (χ3n) is 1.82. The summed E-state index contributed by atoms with van der Waals surface area (Å²) in [7, 11) is 0. The summed E-state index contributed by atoms with van der Waals surface area (Å²) in [5, 5.41) is 22.1. The van der Waals surface area contributed by atoms with Crippen LogP contribution in [-0.2, 0) is 0 Å². The maximum Gasteiger partial charge on any atom is 0.295 e. The minimum absolute atomic E-state index is 0.0808. The lowest BCUT2D eigenvalue weighted by atomic mass is 10.2. The fourth-order valence-electron chi connectivity index (χ4n) is 1.09. The average Bonchev–Trinajstić information content (AvgIpc) is 2.18. The lowest BCUT2D eigenvalue weighted by molar-refractivity contribution is -0.384. The predicted octanol–water partition coefficient (Wildman–Crippen LogP) is 2.18. The van der Waals surface area contributed by atoms with Crippen molar-refractivity contribution in [2.75, 3.05) is 11.9 Å². The van der Waals surface area contributed by atoms with E-state index in [4.69, 9.17) is 16.7 Å². The van der Waals surface area contributed by atoms with E-state index in [1.807, 2.05) is 0 Å². The van der Waals surface area contributed by atoms with Gasteiger partial charge in [0, 0.05) is 6.54 Å². The number of nitrogens with zero attached hydrogens (tertiary/aromatic N) is 1. The summed E-state index contributed by atoms with van der Waals surface area (Å²) in [4.78, 5) is 9.90. The zero-order chi connectivity index (χ0) is 12.3. The molecule has 0 aliphatic carbocycles. The SMILES string of the molecule is CC(O)CNc1cc(Cl)c(F)cc1[N+](=O)[O-]. The van der Waals surface area contributed by atoms with Crippen molar-refractivity contribution in [3.05, 3.63) is 33.1 Å². The van der Waals surface area contributed by atoms with Crippen LogP contribution in [0.25, 0.3) is 0 Å². The number of halogens is 2. The van der Waals surface area contributed by atoms with E-state index in [2.05, 4.69) is 5.32 Å². The summed E-state index contributed by atoms with van der Waals surface area (Å²) < 4.78 is 13.0. The van der Waals surface area contributed by atoms with Gasteiger partial charge >= 0.3 is 0 Å². The Hall–Kier alpha value is -1.40. The van der Waals surface area contributed by atoms with Crippen LogP contribution in [0, 0.1) is 15.9 Å². The third-order valence-corrected chi connectivity index (χ3v) is 2.11. The topological polar surface area (TPSA) is 75.4 Å². The molecule has 1 rings (SSSR count). The molecule has 7 heteroatoms. The van der Waals surface area contributed by atoms with Crippen molar-refractivity contribution in [3.8, 4) is 0 Å². The number of hydrogen-bond donors (Lipinski definition) is 2. The first-order valence-corrected chi connectivity index (χ1v) is 4.85. The van der Waals surface area contributed by atoms with E-state index in [-0.39, 0.29) is 17.3 Å². The van der Waals surface area contributed by atoms with E-state index in [0.29, 0.717) is 0 Å². The van der Waals surface area contributed by atoms with Gasteiger partial charge in [-0.2, -0.15) is 0 Å². The zero-order valence-corrected chi connectivity index (χ0v) is 9.16. The van der Waals surface area contributed by atoms with Crippen LogP contribution in [0.5, 0.6) is 0 Å². The number of benzene rings is 1. The first-order chi connectivity index (χ1) is 7.41. The highest BCUT2D eigenvalue weighted by atomic mass is 35.5. The molecular formula is C9H10ClFN2O3. The molecule has 1 unspecified atom stereocenters. The van der Waals surface area contributed by atoms with E-state index in [1.165, 1.54) is 6.92 Å². The normalized spacial score (nSPS) is 12.2. The summed E-state index contributed by atoms with van der Waals surface area (Å²) in [6, 6.07) is 1.87. The zero-order valence-electron chi connectivity index (χ0n) is 8.41. The maximum absolute atomic E-state index is 13.0. The van der Waals surface area contributed by atoms with Gasteiger partial charge in [0.25, 0.3) is 5.69 Å². The number of rotatable bonds is 4. The second-order valence-corrected chi connectivity index (χ2v) is 3.68. The second kappa shape index (κ2) is 5.09. The minimum Gasteiger partial charge on any atom is -0.392 e. The van der Waals surface area contributed by atoms with Gasteiger partial charge < -0.3 is 10.4 Å². The van der Waals surface area contributed by atoms with Crippen LogP contribution in [0.2, 0.25) is 5.02 Å². The number of anilines is 1. The molecule has 2 N–H and O–H groups in total. The molecular weight excluding hydrogens is 239 g/mol. The van der Waals surface area contributed by atoms with E-state index in [0.717, 1.165) is 12.1 Å². The number of hydrogen-bond acceptors (Lipinski definition) is 4. The lowest BCUT2D eigenvalue weighted by Crippen LogP contribution is -2.16. The highest BCUT2D eigenvalue weighted by molar-refractivity contribution is 6.31. The molecule has 1 aromatic rings. The fraction of sp³-hybridized carbons (Fsp3) is 0.333. The molecule has 0 aliphatic rings. The Labute approximate surface area is 96.0 Å². The van der Waals surface area contributed by atoms with Crippen molar-refractivity contribution in [1.82, 2.24) is 0 Å². The first kappa shape index (κ1) is 12.7. The largest absolute Gasteiger partial charge is 0.392 e. The molecule has 1 atom stereocenters. The summed E-state index contributed by atoms with van der Waals surface area (Å²) in [6.07, 6.45) is -0.677. The Balaban J connectivity index is 3.05. The molecule has 0 spiro atoms. The Kier molecular flexibility index (Phi) is 4.03. The summed E-state index contributed by atoms with van der Waals surface area (Å²) in [5.41, 5.74) is -0.333. The summed E-state index contributed by atoms with van der Waals surface area (Å²) >= 11 is 5.51. The van der Waals surface area contributed by atoms with Crippen LogP contribution in [0.3, 0.4) is 0 Å².